The van der Waals surface area contributed by atoms with E-state index in [1.807, 2.05) is 34.6 Å². The standard InChI is InChI=1S/C19H30BN5O4/c1-12-15(13(2)17(22-23-21)14(3)16(12)20(27)28)11-24-7-9-25(10-8-24)18(26)29-19(4,5)6/h27-28H,7-11H2,1-6H3. The maximum Gasteiger partial charge on any atom is 0.488 e. The third kappa shape index (κ3) is 5.42. The Labute approximate surface area is 172 Å². The molecule has 0 bridgehead atoms. The van der Waals surface area contributed by atoms with Crippen molar-refractivity contribution in [2.24, 2.45) is 5.11 Å². The molecular formula is C19H30BN5O4. The van der Waals surface area contributed by atoms with Gasteiger partial charge in [0.2, 0.25) is 0 Å². The van der Waals surface area contributed by atoms with Crippen LogP contribution < -0.4 is 5.46 Å². The summed E-state index contributed by atoms with van der Waals surface area (Å²) in [6, 6.07) is 0. The van der Waals surface area contributed by atoms with Crippen LogP contribution in [0.25, 0.3) is 10.4 Å². The van der Waals surface area contributed by atoms with Crippen LogP contribution in [0.4, 0.5) is 10.5 Å². The van der Waals surface area contributed by atoms with Gasteiger partial charge in [-0.05, 0) is 74.8 Å². The lowest BCUT2D eigenvalue weighted by molar-refractivity contribution is 0.0138. The number of benzene rings is 1. The number of hydrogen-bond donors (Lipinski definition) is 2. The molecule has 1 saturated heterocycles. The predicted octanol–water partition coefficient (Wildman–Crippen LogP) is 2.29. The number of ether oxygens (including phenoxy) is 1. The molecule has 10 heteroatoms. The first-order valence-electron chi connectivity index (χ1n) is 9.70. The Bertz CT molecular complexity index is 823. The highest BCUT2D eigenvalue weighted by atomic mass is 16.6. The molecule has 1 aliphatic heterocycles. The molecule has 1 heterocycles. The number of azide groups is 1. The Balaban J connectivity index is 2.21. The van der Waals surface area contributed by atoms with Crippen molar-refractivity contribution >= 4 is 24.4 Å². The quantitative estimate of drug-likeness (QED) is 0.346. The fraction of sp³-hybridized carbons (Fsp3) is 0.632. The zero-order valence-corrected chi connectivity index (χ0v) is 18.1. The number of piperazine rings is 1. The summed E-state index contributed by atoms with van der Waals surface area (Å²) < 4.78 is 5.43. The van der Waals surface area contributed by atoms with Crippen LogP contribution in [0, 0.1) is 20.8 Å². The number of rotatable bonds is 4. The summed E-state index contributed by atoms with van der Waals surface area (Å²) in [5, 5.41) is 23.5. The highest BCUT2D eigenvalue weighted by Gasteiger charge is 2.28. The molecule has 0 aromatic heterocycles. The van der Waals surface area contributed by atoms with Gasteiger partial charge >= 0.3 is 13.2 Å². The molecule has 1 aromatic rings. The molecular weight excluding hydrogens is 373 g/mol. The maximum atomic E-state index is 12.2. The predicted molar refractivity (Wildman–Crippen MR) is 112 cm³/mol. The van der Waals surface area contributed by atoms with Crippen LogP contribution >= 0.6 is 0 Å². The topological polar surface area (TPSA) is 122 Å². The molecule has 0 spiro atoms. The molecule has 29 heavy (non-hydrogen) atoms. The maximum absolute atomic E-state index is 12.2. The molecule has 0 saturated carbocycles. The lowest BCUT2D eigenvalue weighted by atomic mass is 9.71. The lowest BCUT2D eigenvalue weighted by Gasteiger charge is -2.36. The Morgan fingerprint density at radius 1 is 1.14 bits per heavy atom. The first-order valence-corrected chi connectivity index (χ1v) is 9.70. The molecule has 2 rings (SSSR count). The Kier molecular flexibility index (Phi) is 7.18. The molecule has 0 aliphatic carbocycles. The van der Waals surface area contributed by atoms with E-state index >= 15 is 0 Å². The van der Waals surface area contributed by atoms with E-state index in [2.05, 4.69) is 14.9 Å². The van der Waals surface area contributed by atoms with Crippen LogP contribution in [0.1, 0.15) is 43.0 Å². The highest BCUT2D eigenvalue weighted by Crippen LogP contribution is 2.30. The largest absolute Gasteiger partial charge is 0.488 e. The van der Waals surface area contributed by atoms with Gasteiger partial charge in [-0.25, -0.2) is 4.79 Å². The van der Waals surface area contributed by atoms with E-state index in [4.69, 9.17) is 10.3 Å². The van der Waals surface area contributed by atoms with Crippen molar-refractivity contribution in [2.45, 2.75) is 53.7 Å². The molecule has 1 fully saturated rings. The van der Waals surface area contributed by atoms with E-state index in [-0.39, 0.29) is 6.09 Å². The van der Waals surface area contributed by atoms with Gasteiger partial charge in [-0.3, -0.25) is 4.90 Å². The fourth-order valence-corrected chi connectivity index (χ4v) is 3.73. The van der Waals surface area contributed by atoms with Gasteiger partial charge in [-0.2, -0.15) is 0 Å². The van der Waals surface area contributed by atoms with Gasteiger partial charge in [-0.15, -0.1) is 0 Å². The van der Waals surface area contributed by atoms with Crippen LogP contribution in [-0.2, 0) is 11.3 Å². The van der Waals surface area contributed by atoms with Gasteiger partial charge in [0.15, 0.2) is 0 Å². The van der Waals surface area contributed by atoms with Crippen molar-refractivity contribution in [3.63, 3.8) is 0 Å². The molecule has 0 unspecified atom stereocenters. The van der Waals surface area contributed by atoms with Gasteiger partial charge in [0, 0.05) is 43.3 Å². The van der Waals surface area contributed by atoms with Crippen molar-refractivity contribution in [2.75, 3.05) is 26.2 Å². The normalized spacial score (nSPS) is 15.1. The molecule has 1 aromatic carbocycles. The molecule has 0 radical (unpaired) electrons. The number of amides is 1. The van der Waals surface area contributed by atoms with Crippen molar-refractivity contribution < 1.29 is 19.6 Å². The summed E-state index contributed by atoms with van der Waals surface area (Å²) in [5.41, 5.74) is 12.3. The molecule has 158 valence electrons. The van der Waals surface area contributed by atoms with E-state index in [9.17, 15) is 14.8 Å². The summed E-state index contributed by atoms with van der Waals surface area (Å²) in [5.74, 6) is 0. The van der Waals surface area contributed by atoms with Crippen molar-refractivity contribution in [3.05, 3.63) is 32.7 Å². The minimum Gasteiger partial charge on any atom is -0.444 e. The van der Waals surface area contributed by atoms with E-state index in [0.29, 0.717) is 49.4 Å². The smallest absolute Gasteiger partial charge is 0.444 e. The molecule has 9 nitrogen and oxygen atoms in total. The van der Waals surface area contributed by atoms with E-state index in [0.717, 1.165) is 16.7 Å². The van der Waals surface area contributed by atoms with E-state index in [1.165, 1.54) is 0 Å². The third-order valence-corrected chi connectivity index (χ3v) is 5.23. The average molecular weight is 403 g/mol. The summed E-state index contributed by atoms with van der Waals surface area (Å²) in [4.78, 5) is 19.0. The zero-order valence-electron chi connectivity index (χ0n) is 18.1. The minimum atomic E-state index is -1.65. The Morgan fingerprint density at radius 3 is 2.21 bits per heavy atom. The van der Waals surface area contributed by atoms with Gasteiger partial charge in [-0.1, -0.05) is 5.11 Å². The zero-order chi connectivity index (χ0) is 21.9. The highest BCUT2D eigenvalue weighted by molar-refractivity contribution is 6.60. The third-order valence-electron chi connectivity index (χ3n) is 5.23. The number of nitrogens with zero attached hydrogens (tertiary/aromatic N) is 5. The minimum absolute atomic E-state index is 0.309. The summed E-state index contributed by atoms with van der Waals surface area (Å²) in [6.45, 7) is 14.0. The van der Waals surface area contributed by atoms with E-state index in [1.54, 1.807) is 11.8 Å². The first kappa shape index (κ1) is 23.0. The van der Waals surface area contributed by atoms with Gasteiger partial charge in [0.25, 0.3) is 0 Å². The SMILES string of the molecule is Cc1c(CN2CCN(C(=O)OC(C)(C)C)CC2)c(C)c(B(O)O)c(C)c1N=[N+]=[N-]. The second-order valence-electron chi connectivity index (χ2n) is 8.42. The summed E-state index contributed by atoms with van der Waals surface area (Å²) in [7, 11) is -1.65. The monoisotopic (exact) mass is 403 g/mol. The van der Waals surface area contributed by atoms with Gasteiger partial charge < -0.3 is 19.7 Å². The number of carbonyl (C=O) groups excluding carboxylic acids is 1. The number of hydrogen-bond acceptors (Lipinski definition) is 6. The molecule has 0 atom stereocenters. The van der Waals surface area contributed by atoms with Crippen LogP contribution in [-0.4, -0.2) is 64.8 Å². The Morgan fingerprint density at radius 2 is 1.72 bits per heavy atom. The fourth-order valence-electron chi connectivity index (χ4n) is 3.73. The van der Waals surface area contributed by atoms with Crippen molar-refractivity contribution in [3.8, 4) is 0 Å². The molecule has 2 N–H and O–H groups in total. The summed E-state index contributed by atoms with van der Waals surface area (Å²) in [6.07, 6.45) is -0.309. The average Bonchev–Trinajstić information content (AvgIpc) is 2.61. The van der Waals surface area contributed by atoms with Gasteiger partial charge in [0.05, 0.1) is 0 Å². The van der Waals surface area contributed by atoms with E-state index < -0.39 is 12.7 Å². The lowest BCUT2D eigenvalue weighted by Crippen LogP contribution is -2.49. The van der Waals surface area contributed by atoms with Crippen molar-refractivity contribution in [1.29, 1.82) is 0 Å². The van der Waals surface area contributed by atoms with Gasteiger partial charge in [0.1, 0.15) is 5.60 Å². The molecule has 1 amide bonds. The summed E-state index contributed by atoms with van der Waals surface area (Å²) >= 11 is 0. The van der Waals surface area contributed by atoms with Crippen LogP contribution in [0.3, 0.4) is 0 Å². The second kappa shape index (κ2) is 9.05. The van der Waals surface area contributed by atoms with Crippen molar-refractivity contribution in [1.82, 2.24) is 9.80 Å². The first-order chi connectivity index (χ1) is 13.5. The van der Waals surface area contributed by atoms with Crippen LogP contribution in [0.2, 0.25) is 0 Å². The second-order valence-corrected chi connectivity index (χ2v) is 8.42. The molecule has 1 aliphatic rings. The number of carbonyl (C=O) groups is 1. The van der Waals surface area contributed by atoms with Crippen LogP contribution in [0.5, 0.6) is 0 Å². The van der Waals surface area contributed by atoms with Crippen LogP contribution in [0.15, 0.2) is 5.11 Å². The Hall–Kier alpha value is -2.26.